The van der Waals surface area contributed by atoms with Crippen molar-refractivity contribution in [3.05, 3.63) is 50.6 Å². The summed E-state index contributed by atoms with van der Waals surface area (Å²) in [6, 6.07) is 9.86. The van der Waals surface area contributed by atoms with Gasteiger partial charge in [0.15, 0.2) is 0 Å². The fraction of sp³-hybridized carbons (Fsp3) is 0.231. The second kappa shape index (κ2) is 5.67. The van der Waals surface area contributed by atoms with E-state index >= 15 is 0 Å². The molecular weight excluding hydrogens is 298 g/mol. The zero-order valence-electron chi connectivity index (χ0n) is 9.52. The third kappa shape index (κ3) is 2.89. The number of hydrogen-bond donors (Lipinski definition) is 1. The lowest BCUT2D eigenvalue weighted by molar-refractivity contribution is 0.340. The first-order valence-electron chi connectivity index (χ1n) is 5.43. The Kier molecular flexibility index (Phi) is 4.20. The fourth-order valence-corrected chi connectivity index (χ4v) is 3.29. The van der Waals surface area contributed by atoms with Gasteiger partial charge < -0.3 is 10.5 Å². The van der Waals surface area contributed by atoms with E-state index in [1.807, 2.05) is 42.6 Å². The molecule has 90 valence electrons. The van der Waals surface area contributed by atoms with Crippen LogP contribution in [-0.4, -0.2) is 6.61 Å². The molecule has 0 radical (unpaired) electrons. The summed E-state index contributed by atoms with van der Waals surface area (Å²) in [5.74, 6) is 0.869. The van der Waals surface area contributed by atoms with Crippen molar-refractivity contribution in [1.82, 2.24) is 0 Å². The lowest BCUT2D eigenvalue weighted by atomic mass is 10.1. The molecule has 2 nitrogen and oxygen atoms in total. The van der Waals surface area contributed by atoms with Crippen LogP contribution in [0.3, 0.4) is 0 Å². The van der Waals surface area contributed by atoms with Crippen molar-refractivity contribution in [3.8, 4) is 5.75 Å². The first-order valence-corrected chi connectivity index (χ1v) is 7.11. The fourth-order valence-electron chi connectivity index (χ4n) is 1.64. The molecule has 1 aromatic carbocycles. The van der Waals surface area contributed by atoms with Gasteiger partial charge in [0.05, 0.1) is 12.6 Å². The van der Waals surface area contributed by atoms with E-state index in [1.54, 1.807) is 11.3 Å². The zero-order valence-corrected chi connectivity index (χ0v) is 11.9. The van der Waals surface area contributed by atoms with Gasteiger partial charge in [-0.25, -0.2) is 0 Å². The molecule has 17 heavy (non-hydrogen) atoms. The third-order valence-corrected chi connectivity index (χ3v) is 4.41. The summed E-state index contributed by atoms with van der Waals surface area (Å²) < 4.78 is 6.55. The van der Waals surface area contributed by atoms with E-state index in [4.69, 9.17) is 10.5 Å². The molecule has 0 spiro atoms. The van der Waals surface area contributed by atoms with E-state index in [-0.39, 0.29) is 6.04 Å². The Labute approximate surface area is 114 Å². The van der Waals surface area contributed by atoms with Crippen LogP contribution in [-0.2, 0) is 0 Å². The lowest BCUT2D eigenvalue weighted by Crippen LogP contribution is -2.10. The molecule has 1 aromatic heterocycles. The van der Waals surface area contributed by atoms with Crippen LogP contribution in [0.4, 0.5) is 0 Å². The van der Waals surface area contributed by atoms with Crippen molar-refractivity contribution in [2.75, 3.05) is 6.61 Å². The summed E-state index contributed by atoms with van der Waals surface area (Å²) in [6.45, 7) is 2.64. The van der Waals surface area contributed by atoms with Crippen LogP contribution in [0.1, 0.15) is 23.4 Å². The predicted molar refractivity (Wildman–Crippen MR) is 75.7 cm³/mol. The Balaban J connectivity index is 2.28. The number of rotatable bonds is 4. The maximum Gasteiger partial charge on any atom is 0.119 e. The van der Waals surface area contributed by atoms with Crippen molar-refractivity contribution >= 4 is 27.3 Å². The van der Waals surface area contributed by atoms with Gasteiger partial charge in [-0.15, -0.1) is 11.3 Å². The molecule has 0 bridgehead atoms. The monoisotopic (exact) mass is 311 g/mol. The molecule has 1 atom stereocenters. The van der Waals surface area contributed by atoms with Crippen LogP contribution < -0.4 is 10.5 Å². The molecule has 2 N–H and O–H groups in total. The lowest BCUT2D eigenvalue weighted by Gasteiger charge is -2.12. The first kappa shape index (κ1) is 12.6. The number of nitrogens with two attached hydrogens (primary N) is 1. The molecule has 2 aromatic rings. The molecule has 4 heteroatoms. The highest BCUT2D eigenvalue weighted by Gasteiger charge is 2.14. The molecule has 1 heterocycles. The summed E-state index contributed by atoms with van der Waals surface area (Å²) in [6.07, 6.45) is 0. The molecule has 0 amide bonds. The van der Waals surface area contributed by atoms with Crippen molar-refractivity contribution < 1.29 is 4.74 Å². The number of benzene rings is 1. The summed E-state index contributed by atoms with van der Waals surface area (Å²) >= 11 is 5.17. The molecule has 0 saturated heterocycles. The minimum atomic E-state index is -0.107. The maximum absolute atomic E-state index is 6.25. The summed E-state index contributed by atoms with van der Waals surface area (Å²) in [5.41, 5.74) is 7.32. The van der Waals surface area contributed by atoms with E-state index in [2.05, 4.69) is 15.9 Å². The second-order valence-corrected chi connectivity index (χ2v) is 5.42. The highest BCUT2D eigenvalue weighted by Crippen LogP contribution is 2.32. The van der Waals surface area contributed by atoms with Crippen molar-refractivity contribution in [1.29, 1.82) is 0 Å². The molecule has 0 fully saturated rings. The SMILES string of the molecule is CCOc1cccc(C(N)c2sccc2Br)c1. The maximum atomic E-state index is 6.25. The Morgan fingerprint density at radius 3 is 2.88 bits per heavy atom. The second-order valence-electron chi connectivity index (χ2n) is 3.62. The Hall–Kier alpha value is -0.840. The third-order valence-electron chi connectivity index (χ3n) is 2.46. The number of ether oxygens (including phenoxy) is 1. The van der Waals surface area contributed by atoms with Crippen LogP contribution in [0.5, 0.6) is 5.75 Å². The minimum absolute atomic E-state index is 0.107. The Bertz CT molecular complexity index is 498. The van der Waals surface area contributed by atoms with Gasteiger partial charge >= 0.3 is 0 Å². The standard InChI is InChI=1S/C13H14BrNOS/c1-2-16-10-5-3-4-9(8-10)12(15)13-11(14)6-7-17-13/h3-8,12H,2,15H2,1H3. The number of thiophene rings is 1. The van der Waals surface area contributed by atoms with Gasteiger partial charge in [-0.3, -0.25) is 0 Å². The van der Waals surface area contributed by atoms with Gasteiger partial charge in [0.2, 0.25) is 0 Å². The predicted octanol–water partition coefficient (Wildman–Crippen LogP) is 3.96. The topological polar surface area (TPSA) is 35.2 Å². The van der Waals surface area contributed by atoms with Crippen molar-refractivity contribution in [2.45, 2.75) is 13.0 Å². The first-order chi connectivity index (χ1) is 8.22. The summed E-state index contributed by atoms with van der Waals surface area (Å²) in [4.78, 5) is 1.14. The average molecular weight is 312 g/mol. The van der Waals surface area contributed by atoms with Crippen LogP contribution in [0.25, 0.3) is 0 Å². The van der Waals surface area contributed by atoms with Crippen LogP contribution >= 0.6 is 27.3 Å². The number of halogens is 1. The quantitative estimate of drug-likeness (QED) is 0.927. The van der Waals surface area contributed by atoms with Crippen LogP contribution in [0, 0.1) is 0 Å². The Morgan fingerprint density at radius 2 is 2.24 bits per heavy atom. The van der Waals surface area contributed by atoms with E-state index in [9.17, 15) is 0 Å². The average Bonchev–Trinajstić information content (AvgIpc) is 2.75. The highest BCUT2D eigenvalue weighted by molar-refractivity contribution is 9.10. The van der Waals surface area contributed by atoms with E-state index in [1.165, 1.54) is 0 Å². The summed E-state index contributed by atoms with van der Waals surface area (Å²) in [5, 5.41) is 2.03. The molecular formula is C13H14BrNOS. The van der Waals surface area contributed by atoms with Crippen molar-refractivity contribution in [2.24, 2.45) is 5.73 Å². The molecule has 0 saturated carbocycles. The molecule has 0 aliphatic heterocycles. The molecule has 0 aliphatic carbocycles. The normalized spacial score (nSPS) is 12.4. The van der Waals surface area contributed by atoms with Gasteiger partial charge in [0, 0.05) is 9.35 Å². The van der Waals surface area contributed by atoms with E-state index < -0.39 is 0 Å². The zero-order chi connectivity index (χ0) is 12.3. The number of hydrogen-bond acceptors (Lipinski definition) is 3. The largest absolute Gasteiger partial charge is 0.494 e. The van der Waals surface area contributed by atoms with Gasteiger partial charge in [0.1, 0.15) is 5.75 Å². The Morgan fingerprint density at radius 1 is 1.41 bits per heavy atom. The van der Waals surface area contributed by atoms with Gasteiger partial charge in [0.25, 0.3) is 0 Å². The minimum Gasteiger partial charge on any atom is -0.494 e. The van der Waals surface area contributed by atoms with Gasteiger partial charge in [-0.1, -0.05) is 12.1 Å². The van der Waals surface area contributed by atoms with Gasteiger partial charge in [-0.2, -0.15) is 0 Å². The smallest absolute Gasteiger partial charge is 0.119 e. The van der Waals surface area contributed by atoms with E-state index in [0.717, 1.165) is 20.7 Å². The van der Waals surface area contributed by atoms with Crippen LogP contribution in [0.15, 0.2) is 40.2 Å². The highest BCUT2D eigenvalue weighted by atomic mass is 79.9. The van der Waals surface area contributed by atoms with E-state index in [0.29, 0.717) is 6.61 Å². The molecule has 2 rings (SSSR count). The van der Waals surface area contributed by atoms with Crippen LogP contribution in [0.2, 0.25) is 0 Å². The van der Waals surface area contributed by atoms with Crippen molar-refractivity contribution in [3.63, 3.8) is 0 Å². The molecule has 0 aliphatic rings. The molecule has 1 unspecified atom stereocenters. The van der Waals surface area contributed by atoms with Gasteiger partial charge in [-0.05, 0) is 52.0 Å². The summed E-state index contributed by atoms with van der Waals surface area (Å²) in [7, 11) is 0.